The van der Waals surface area contributed by atoms with Gasteiger partial charge in [-0.05, 0) is 56.0 Å². The second-order valence-electron chi connectivity index (χ2n) is 11.3. The number of halogens is 8. The lowest BCUT2D eigenvalue weighted by atomic mass is 9.79. The molecule has 0 aromatic heterocycles. The molecule has 2 fully saturated rings. The van der Waals surface area contributed by atoms with Crippen LogP contribution in [0.15, 0.2) is 53.4 Å². The molecule has 2 aromatic carbocycles. The number of carbonyl (C=O) groups is 2. The van der Waals surface area contributed by atoms with Crippen molar-refractivity contribution in [1.29, 1.82) is 0 Å². The predicted octanol–water partition coefficient (Wildman–Crippen LogP) is 4.35. The third kappa shape index (κ3) is 5.75. The highest BCUT2D eigenvalue weighted by Gasteiger charge is 2.73. The van der Waals surface area contributed by atoms with E-state index in [1.54, 1.807) is 6.92 Å². The Bertz CT molecular complexity index is 1680. The van der Waals surface area contributed by atoms with Crippen LogP contribution in [-0.4, -0.2) is 77.0 Å². The summed E-state index contributed by atoms with van der Waals surface area (Å²) in [5.74, 6) is -3.58. The summed E-state index contributed by atoms with van der Waals surface area (Å²) in [6.07, 6.45) is -14.2. The van der Waals surface area contributed by atoms with Gasteiger partial charge in [0, 0.05) is 25.2 Å². The third-order valence-corrected chi connectivity index (χ3v) is 12.8. The first-order valence-electron chi connectivity index (χ1n) is 13.8. The van der Waals surface area contributed by atoms with E-state index < -0.39 is 119 Å². The van der Waals surface area contributed by atoms with Crippen molar-refractivity contribution in [2.24, 2.45) is 5.41 Å². The quantitative estimate of drug-likeness (QED) is 0.261. The fourth-order valence-electron chi connectivity index (χ4n) is 5.95. The van der Waals surface area contributed by atoms with Gasteiger partial charge in [-0.25, -0.2) is 25.6 Å². The maximum atomic E-state index is 14.8. The number of likely N-dealkylation sites (tertiary alicyclic amines) is 1. The lowest BCUT2D eigenvalue weighted by molar-refractivity contribution is -0.348. The Morgan fingerprint density at radius 1 is 0.870 bits per heavy atom. The smallest absolute Gasteiger partial charge is 0.355 e. The summed E-state index contributed by atoms with van der Waals surface area (Å²) in [7, 11) is -8.33. The first kappa shape index (κ1) is 35.6. The number of hydrogen-bond donors (Lipinski definition) is 1. The van der Waals surface area contributed by atoms with Gasteiger partial charge in [-0.3, -0.25) is 9.59 Å². The summed E-state index contributed by atoms with van der Waals surface area (Å²) in [5, 5.41) is 2.49. The van der Waals surface area contributed by atoms with E-state index in [4.69, 9.17) is 0 Å². The molecule has 2 heterocycles. The van der Waals surface area contributed by atoms with Crippen LogP contribution in [0.4, 0.5) is 35.1 Å². The summed E-state index contributed by atoms with van der Waals surface area (Å²) < 4.78 is 159. The molecule has 2 aliphatic rings. The van der Waals surface area contributed by atoms with Gasteiger partial charge in [0.15, 0.2) is 9.84 Å². The maximum absolute atomic E-state index is 14.8. The van der Waals surface area contributed by atoms with Crippen LogP contribution in [0.5, 0.6) is 0 Å². The Labute approximate surface area is 259 Å². The van der Waals surface area contributed by atoms with E-state index in [2.05, 4.69) is 5.32 Å². The molecule has 1 N–H and O–H groups in total. The van der Waals surface area contributed by atoms with Crippen molar-refractivity contribution in [3.63, 3.8) is 0 Å². The van der Waals surface area contributed by atoms with Crippen LogP contribution in [0, 0.1) is 11.2 Å². The highest BCUT2D eigenvalue weighted by molar-refractivity contribution is 7.92. The van der Waals surface area contributed by atoms with Gasteiger partial charge >= 0.3 is 18.0 Å². The highest BCUT2D eigenvalue weighted by Crippen LogP contribution is 2.54. The lowest BCUT2D eigenvalue weighted by Gasteiger charge is -2.38. The SMILES string of the molecule is CCNC(=O)C1(C(=O)N2CCC(c3ccc(C(F)(C(F)(F)F)C(F)(F)F)cc3)(S(=O)(=O)c3ccc(F)cc3)C2)CCS(=O)(=O)CC1. The second kappa shape index (κ2) is 11.8. The minimum atomic E-state index is -6.43. The van der Waals surface area contributed by atoms with Crippen molar-refractivity contribution in [3.8, 4) is 0 Å². The Kier molecular flexibility index (Phi) is 9.09. The van der Waals surface area contributed by atoms with Crippen LogP contribution in [0.25, 0.3) is 0 Å². The summed E-state index contributed by atoms with van der Waals surface area (Å²) in [4.78, 5) is 27.7. The Morgan fingerprint density at radius 3 is 1.87 bits per heavy atom. The van der Waals surface area contributed by atoms with E-state index in [0.29, 0.717) is 12.1 Å². The summed E-state index contributed by atoms with van der Waals surface area (Å²) >= 11 is 0. The van der Waals surface area contributed by atoms with Gasteiger partial charge in [-0.1, -0.05) is 24.3 Å². The van der Waals surface area contributed by atoms with E-state index >= 15 is 0 Å². The largest absolute Gasteiger partial charge is 0.435 e. The monoisotopic (exact) mass is 704 g/mol. The molecule has 2 amide bonds. The van der Waals surface area contributed by atoms with Crippen molar-refractivity contribution in [2.75, 3.05) is 31.1 Å². The number of rotatable bonds is 7. The molecular weight excluding hydrogens is 676 g/mol. The third-order valence-electron chi connectivity index (χ3n) is 8.61. The molecule has 1 unspecified atom stereocenters. The van der Waals surface area contributed by atoms with Gasteiger partial charge in [-0.2, -0.15) is 26.3 Å². The lowest BCUT2D eigenvalue weighted by Crippen LogP contribution is -2.56. The van der Waals surface area contributed by atoms with Gasteiger partial charge in [0.05, 0.1) is 16.4 Å². The molecule has 0 saturated carbocycles. The first-order chi connectivity index (χ1) is 21.1. The number of amides is 2. The number of hydrogen-bond acceptors (Lipinski definition) is 6. The molecule has 0 bridgehead atoms. The fraction of sp³-hybridized carbons (Fsp3) is 0.500. The number of benzene rings is 2. The molecule has 1 atom stereocenters. The molecule has 46 heavy (non-hydrogen) atoms. The molecule has 18 heteroatoms. The standard InChI is InChI=1S/C28H28F8N2O6S2/c1-2-37-22(39)24(12-15-45(41,42)16-13-24)23(40)38-14-11-25(17-38,46(43,44)21-9-7-20(29)8-10-21)18-3-5-19(6-4-18)26(30,27(31,32)33)28(34,35)36/h3-10H,2,11-17H2,1H3,(H,37,39). The second-order valence-corrected chi connectivity index (χ2v) is 15.8. The molecule has 254 valence electrons. The number of nitrogens with one attached hydrogen (secondary N) is 1. The van der Waals surface area contributed by atoms with E-state index in [1.165, 1.54) is 0 Å². The van der Waals surface area contributed by atoms with E-state index in [0.717, 1.165) is 29.2 Å². The zero-order valence-corrected chi connectivity index (χ0v) is 25.6. The van der Waals surface area contributed by atoms with Crippen molar-refractivity contribution < 1.29 is 61.5 Å². The van der Waals surface area contributed by atoms with E-state index in [1.807, 2.05) is 0 Å². The Hall–Kier alpha value is -3.28. The molecule has 4 rings (SSSR count). The van der Waals surface area contributed by atoms with Crippen LogP contribution in [0.2, 0.25) is 0 Å². The predicted molar refractivity (Wildman–Crippen MR) is 147 cm³/mol. The van der Waals surface area contributed by atoms with Gasteiger partial charge in [0.2, 0.25) is 11.8 Å². The van der Waals surface area contributed by atoms with Crippen LogP contribution >= 0.6 is 0 Å². The van der Waals surface area contributed by atoms with Crippen molar-refractivity contribution in [3.05, 3.63) is 65.5 Å². The zero-order chi connectivity index (χ0) is 34.6. The summed E-state index contributed by atoms with van der Waals surface area (Å²) in [6.45, 7) is 0.478. The van der Waals surface area contributed by atoms with Crippen LogP contribution in [0.1, 0.15) is 37.3 Å². The Balaban J connectivity index is 1.84. The van der Waals surface area contributed by atoms with Gasteiger partial charge in [0.25, 0.3) is 0 Å². The van der Waals surface area contributed by atoms with Gasteiger partial charge in [-0.15, -0.1) is 0 Å². The maximum Gasteiger partial charge on any atom is 0.435 e. The number of nitrogens with zero attached hydrogens (tertiary/aromatic N) is 1. The fourth-order valence-corrected chi connectivity index (χ4v) is 9.55. The molecule has 2 aliphatic heterocycles. The first-order valence-corrected chi connectivity index (χ1v) is 17.1. The molecular formula is C28H28F8N2O6S2. The van der Waals surface area contributed by atoms with E-state index in [-0.39, 0.29) is 25.2 Å². The molecule has 2 saturated heterocycles. The molecule has 2 aromatic rings. The molecule has 0 spiro atoms. The topological polar surface area (TPSA) is 118 Å². The molecule has 0 aliphatic carbocycles. The normalized spacial score (nSPS) is 22.0. The van der Waals surface area contributed by atoms with Crippen LogP contribution < -0.4 is 5.32 Å². The Morgan fingerprint density at radius 2 is 1.39 bits per heavy atom. The molecule has 0 radical (unpaired) electrons. The number of alkyl halides is 7. The summed E-state index contributed by atoms with van der Waals surface area (Å²) in [6, 6.07) is 4.86. The van der Waals surface area contributed by atoms with Gasteiger partial charge in [0.1, 0.15) is 25.8 Å². The summed E-state index contributed by atoms with van der Waals surface area (Å²) in [5.41, 5.74) is -9.97. The number of carbonyl (C=O) groups excluding carboxylic acids is 2. The highest BCUT2D eigenvalue weighted by atomic mass is 32.2. The minimum Gasteiger partial charge on any atom is -0.355 e. The minimum absolute atomic E-state index is 0.0712. The van der Waals surface area contributed by atoms with Crippen molar-refractivity contribution in [1.82, 2.24) is 10.2 Å². The van der Waals surface area contributed by atoms with Crippen LogP contribution in [-0.2, 0) is 39.7 Å². The zero-order valence-electron chi connectivity index (χ0n) is 24.0. The van der Waals surface area contributed by atoms with E-state index in [9.17, 15) is 61.5 Å². The van der Waals surface area contributed by atoms with Crippen LogP contribution in [0.3, 0.4) is 0 Å². The molecule has 8 nitrogen and oxygen atoms in total. The van der Waals surface area contributed by atoms with Gasteiger partial charge < -0.3 is 10.2 Å². The average Bonchev–Trinajstić information content (AvgIpc) is 3.43. The van der Waals surface area contributed by atoms with Crippen molar-refractivity contribution in [2.45, 2.75) is 53.9 Å². The van der Waals surface area contributed by atoms with Crippen molar-refractivity contribution >= 4 is 31.5 Å². The average molecular weight is 705 g/mol. The number of sulfone groups is 2.